The number of aliphatic carboxylic acids is 2. The highest BCUT2D eigenvalue weighted by molar-refractivity contribution is 5.79. The smallest absolute Gasteiger partial charge is 0.327 e. The normalized spacial score (nSPS) is 5.62. The lowest BCUT2D eigenvalue weighted by molar-refractivity contribution is -0.132. The van der Waals surface area contributed by atoms with Crippen molar-refractivity contribution in [2.75, 3.05) is 0 Å². The second-order valence-corrected chi connectivity index (χ2v) is 1.90. The summed E-state index contributed by atoms with van der Waals surface area (Å²) in [4.78, 5) is 18.5. The molecule has 0 rings (SSSR count). The summed E-state index contributed by atoms with van der Waals surface area (Å²) < 4.78 is 0. The standard InChI is InChI=1S/2C3H4O2.2C3H6/c2*1-2-3(4)5;2*1-3-2/h2*2H,1H2,(H,4,5);2*3H,1H2,2H3. The van der Waals surface area contributed by atoms with Crippen molar-refractivity contribution in [3.05, 3.63) is 50.6 Å². The molecular formula is C12H20O4. The first-order chi connectivity index (χ1) is 7.37. The lowest BCUT2D eigenvalue weighted by atomic mass is 10.7. The van der Waals surface area contributed by atoms with Crippen LogP contribution < -0.4 is 0 Å². The maximum Gasteiger partial charge on any atom is 0.327 e. The van der Waals surface area contributed by atoms with E-state index >= 15 is 0 Å². The van der Waals surface area contributed by atoms with E-state index in [1.807, 2.05) is 13.8 Å². The molecule has 0 heterocycles. The molecule has 0 aliphatic rings. The minimum absolute atomic E-state index is 0.833. The highest BCUT2D eigenvalue weighted by Gasteiger charge is 1.73. The maximum absolute atomic E-state index is 9.25. The lowest BCUT2D eigenvalue weighted by Crippen LogP contribution is -1.82. The molecule has 4 nitrogen and oxygen atoms in total. The van der Waals surface area contributed by atoms with Crippen molar-refractivity contribution in [1.29, 1.82) is 0 Å². The van der Waals surface area contributed by atoms with Crippen molar-refractivity contribution in [3.63, 3.8) is 0 Å². The van der Waals surface area contributed by atoms with Gasteiger partial charge in [-0.3, -0.25) is 0 Å². The van der Waals surface area contributed by atoms with Crippen LogP contribution in [-0.2, 0) is 9.59 Å². The SMILES string of the molecule is C=CC.C=CC.C=CC(=O)O.C=CC(=O)O. The van der Waals surface area contributed by atoms with Crippen LogP contribution in [0.25, 0.3) is 0 Å². The first-order valence-corrected chi connectivity index (χ1v) is 4.22. The molecule has 2 N–H and O–H groups in total. The largest absolute Gasteiger partial charge is 0.478 e. The van der Waals surface area contributed by atoms with E-state index in [2.05, 4.69) is 26.3 Å². The zero-order valence-corrected chi connectivity index (χ0v) is 9.85. The number of carboxylic acids is 2. The van der Waals surface area contributed by atoms with Crippen LogP contribution in [0.1, 0.15) is 13.8 Å². The minimum atomic E-state index is -0.981. The molecule has 0 aromatic carbocycles. The van der Waals surface area contributed by atoms with E-state index < -0.39 is 11.9 Å². The van der Waals surface area contributed by atoms with Crippen LogP contribution in [0.4, 0.5) is 0 Å². The predicted molar refractivity (Wildman–Crippen MR) is 67.4 cm³/mol. The highest BCUT2D eigenvalue weighted by atomic mass is 16.4. The number of hydrogen-bond acceptors (Lipinski definition) is 2. The lowest BCUT2D eigenvalue weighted by Gasteiger charge is -1.64. The fourth-order valence-electron chi connectivity index (χ4n) is 0. The summed E-state index contributed by atoms with van der Waals surface area (Å²) in [5.74, 6) is -1.96. The van der Waals surface area contributed by atoms with Gasteiger partial charge >= 0.3 is 11.9 Å². The Kier molecular flexibility index (Phi) is 43.2. The van der Waals surface area contributed by atoms with E-state index in [4.69, 9.17) is 10.2 Å². The van der Waals surface area contributed by atoms with E-state index in [9.17, 15) is 9.59 Å². The second-order valence-electron chi connectivity index (χ2n) is 1.90. The molecule has 16 heavy (non-hydrogen) atoms. The molecule has 0 amide bonds. The van der Waals surface area contributed by atoms with Gasteiger partial charge in [-0.25, -0.2) is 9.59 Å². The molecular weight excluding hydrogens is 208 g/mol. The van der Waals surface area contributed by atoms with Gasteiger partial charge in [-0.05, 0) is 13.8 Å². The molecule has 0 atom stereocenters. The summed E-state index contributed by atoms with van der Waals surface area (Å²) in [5, 5.41) is 15.2. The van der Waals surface area contributed by atoms with Crippen molar-refractivity contribution < 1.29 is 19.8 Å². The third kappa shape index (κ3) is 392. The first kappa shape index (κ1) is 23.6. The summed E-state index contributed by atoms with van der Waals surface area (Å²) in [6.45, 7) is 16.4. The Hall–Kier alpha value is -2.10. The zero-order chi connectivity index (χ0) is 14.0. The summed E-state index contributed by atoms with van der Waals surface area (Å²) in [6.07, 6.45) is 5.17. The number of hydrogen-bond donors (Lipinski definition) is 2. The van der Waals surface area contributed by atoms with Gasteiger partial charge in [-0.15, -0.1) is 13.2 Å². The van der Waals surface area contributed by atoms with Crippen LogP contribution in [0, 0.1) is 0 Å². The Morgan fingerprint density at radius 2 is 0.875 bits per heavy atom. The predicted octanol–water partition coefficient (Wildman–Crippen LogP) is 2.90. The minimum Gasteiger partial charge on any atom is -0.478 e. The van der Waals surface area contributed by atoms with Gasteiger partial charge in [-0.1, -0.05) is 25.3 Å². The van der Waals surface area contributed by atoms with Crippen LogP contribution in [0.2, 0.25) is 0 Å². The quantitative estimate of drug-likeness (QED) is 0.563. The number of carbonyl (C=O) groups is 2. The Morgan fingerprint density at radius 3 is 0.875 bits per heavy atom. The van der Waals surface area contributed by atoms with Crippen molar-refractivity contribution in [2.24, 2.45) is 0 Å². The van der Waals surface area contributed by atoms with Crippen molar-refractivity contribution in [3.8, 4) is 0 Å². The number of allylic oxidation sites excluding steroid dienone is 2. The summed E-state index contributed by atoms with van der Waals surface area (Å²) in [6, 6.07) is 0. The first-order valence-electron chi connectivity index (χ1n) is 4.22. The number of carboxylic acid groups (broad SMARTS) is 2. The Bertz CT molecular complexity index is 193. The van der Waals surface area contributed by atoms with Gasteiger partial charge in [0.25, 0.3) is 0 Å². The van der Waals surface area contributed by atoms with Crippen LogP contribution in [0.3, 0.4) is 0 Å². The molecule has 92 valence electrons. The Morgan fingerprint density at radius 1 is 0.812 bits per heavy atom. The fraction of sp³-hybridized carbons (Fsp3) is 0.167. The molecule has 0 aromatic rings. The van der Waals surface area contributed by atoms with Crippen LogP contribution >= 0.6 is 0 Å². The van der Waals surface area contributed by atoms with Gasteiger partial charge in [0.1, 0.15) is 0 Å². The molecule has 4 heteroatoms. The van der Waals surface area contributed by atoms with E-state index in [0.717, 1.165) is 12.2 Å². The van der Waals surface area contributed by atoms with Gasteiger partial charge in [0.2, 0.25) is 0 Å². The molecule has 0 aliphatic heterocycles. The van der Waals surface area contributed by atoms with E-state index in [1.54, 1.807) is 12.2 Å². The average molecular weight is 228 g/mol. The van der Waals surface area contributed by atoms with Gasteiger partial charge in [0, 0.05) is 12.2 Å². The fourth-order valence-corrected chi connectivity index (χ4v) is 0. The molecule has 0 unspecified atom stereocenters. The second kappa shape index (κ2) is 29.3. The van der Waals surface area contributed by atoms with Crippen molar-refractivity contribution in [1.82, 2.24) is 0 Å². The summed E-state index contributed by atoms with van der Waals surface area (Å²) >= 11 is 0. The molecule has 0 spiro atoms. The summed E-state index contributed by atoms with van der Waals surface area (Å²) in [5.41, 5.74) is 0. The van der Waals surface area contributed by atoms with Gasteiger partial charge in [-0.2, -0.15) is 0 Å². The maximum atomic E-state index is 9.25. The molecule has 0 fully saturated rings. The van der Waals surface area contributed by atoms with E-state index in [1.165, 1.54) is 0 Å². The van der Waals surface area contributed by atoms with Gasteiger partial charge < -0.3 is 10.2 Å². The van der Waals surface area contributed by atoms with Crippen molar-refractivity contribution in [2.45, 2.75) is 13.8 Å². The molecule has 0 aliphatic carbocycles. The topological polar surface area (TPSA) is 74.6 Å². The third-order valence-electron chi connectivity index (χ3n) is 0.349. The van der Waals surface area contributed by atoms with Crippen molar-refractivity contribution >= 4 is 11.9 Å². The third-order valence-corrected chi connectivity index (χ3v) is 0.349. The van der Waals surface area contributed by atoms with Crippen LogP contribution in [0.15, 0.2) is 50.6 Å². The Balaban J connectivity index is -0.0000000621. The Labute approximate surface area is 96.9 Å². The van der Waals surface area contributed by atoms with Crippen LogP contribution in [-0.4, -0.2) is 22.2 Å². The van der Waals surface area contributed by atoms with Gasteiger partial charge in [0.05, 0.1) is 0 Å². The zero-order valence-electron chi connectivity index (χ0n) is 9.85. The van der Waals surface area contributed by atoms with E-state index in [0.29, 0.717) is 0 Å². The molecule has 0 bridgehead atoms. The van der Waals surface area contributed by atoms with Crippen LogP contribution in [0.5, 0.6) is 0 Å². The summed E-state index contributed by atoms with van der Waals surface area (Å²) in [7, 11) is 0. The molecule has 0 aromatic heterocycles. The molecule has 0 radical (unpaired) electrons. The van der Waals surface area contributed by atoms with E-state index in [-0.39, 0.29) is 0 Å². The average Bonchev–Trinajstić information content (AvgIpc) is 2.21. The molecule has 0 saturated carbocycles. The molecule has 0 saturated heterocycles. The monoisotopic (exact) mass is 228 g/mol. The van der Waals surface area contributed by atoms with Gasteiger partial charge in [0.15, 0.2) is 0 Å². The highest BCUT2D eigenvalue weighted by Crippen LogP contribution is 1.55. The number of rotatable bonds is 2.